The van der Waals surface area contributed by atoms with Gasteiger partial charge in [0.25, 0.3) is 0 Å². The third kappa shape index (κ3) is 4.36. The SMILES string of the molecule is Cc1ccc2nc(NCC(=O)NC(C)(C)C)nc(-c3ccccc3)c2c1. The van der Waals surface area contributed by atoms with Gasteiger partial charge in [-0.2, -0.15) is 0 Å². The van der Waals surface area contributed by atoms with E-state index in [1.54, 1.807) is 0 Å². The van der Waals surface area contributed by atoms with Gasteiger partial charge in [-0.15, -0.1) is 0 Å². The fraction of sp³-hybridized carbons (Fsp3) is 0.286. The van der Waals surface area contributed by atoms with Crippen molar-refractivity contribution in [3.05, 3.63) is 54.1 Å². The van der Waals surface area contributed by atoms with Gasteiger partial charge in [-0.3, -0.25) is 4.79 Å². The molecule has 5 nitrogen and oxygen atoms in total. The Hall–Kier alpha value is -2.95. The summed E-state index contributed by atoms with van der Waals surface area (Å²) in [5.41, 5.74) is 3.62. The Balaban J connectivity index is 1.95. The number of carbonyl (C=O) groups excluding carboxylic acids is 1. The molecule has 0 fully saturated rings. The van der Waals surface area contributed by atoms with E-state index in [2.05, 4.69) is 33.6 Å². The first-order chi connectivity index (χ1) is 12.3. The first-order valence-electron chi connectivity index (χ1n) is 8.70. The number of carbonyl (C=O) groups is 1. The third-order valence-electron chi connectivity index (χ3n) is 3.82. The molecule has 0 aliphatic carbocycles. The molecule has 0 saturated carbocycles. The maximum atomic E-state index is 12.1. The van der Waals surface area contributed by atoms with Gasteiger partial charge >= 0.3 is 0 Å². The molecule has 0 bridgehead atoms. The summed E-state index contributed by atoms with van der Waals surface area (Å²) in [6, 6.07) is 16.1. The van der Waals surface area contributed by atoms with Crippen molar-refractivity contribution in [2.45, 2.75) is 33.2 Å². The molecule has 0 aliphatic rings. The van der Waals surface area contributed by atoms with Crippen molar-refractivity contribution >= 4 is 22.8 Å². The van der Waals surface area contributed by atoms with Gasteiger partial charge in [-0.1, -0.05) is 42.0 Å². The first kappa shape index (κ1) is 17.9. The van der Waals surface area contributed by atoms with Crippen molar-refractivity contribution in [3.8, 4) is 11.3 Å². The summed E-state index contributed by atoms with van der Waals surface area (Å²) in [6.07, 6.45) is 0. The van der Waals surface area contributed by atoms with Crippen molar-refractivity contribution in [2.75, 3.05) is 11.9 Å². The molecule has 0 aliphatic heterocycles. The van der Waals surface area contributed by atoms with Crippen LogP contribution in [0.3, 0.4) is 0 Å². The monoisotopic (exact) mass is 348 g/mol. The number of fused-ring (bicyclic) bond motifs is 1. The van der Waals surface area contributed by atoms with Crippen LogP contribution in [0.5, 0.6) is 0 Å². The molecule has 5 heteroatoms. The number of rotatable bonds is 4. The highest BCUT2D eigenvalue weighted by Gasteiger charge is 2.15. The quantitative estimate of drug-likeness (QED) is 0.750. The van der Waals surface area contributed by atoms with E-state index in [1.807, 2.05) is 63.2 Å². The summed E-state index contributed by atoms with van der Waals surface area (Å²) in [6.45, 7) is 8.04. The Labute approximate surface area is 153 Å². The van der Waals surface area contributed by atoms with Crippen LogP contribution in [-0.2, 0) is 4.79 Å². The summed E-state index contributed by atoms with van der Waals surface area (Å²) < 4.78 is 0. The lowest BCUT2D eigenvalue weighted by Crippen LogP contribution is -2.43. The first-order valence-corrected chi connectivity index (χ1v) is 8.70. The Bertz CT molecular complexity index is 930. The zero-order valence-corrected chi connectivity index (χ0v) is 15.6. The van der Waals surface area contributed by atoms with E-state index in [-0.39, 0.29) is 18.0 Å². The molecule has 0 unspecified atom stereocenters. The number of hydrogen-bond donors (Lipinski definition) is 2. The molecule has 0 saturated heterocycles. The number of nitrogens with one attached hydrogen (secondary N) is 2. The van der Waals surface area contributed by atoms with Crippen LogP contribution in [0.25, 0.3) is 22.2 Å². The number of aryl methyl sites for hydroxylation is 1. The van der Waals surface area contributed by atoms with Crippen molar-refractivity contribution < 1.29 is 4.79 Å². The van der Waals surface area contributed by atoms with Gasteiger partial charge in [0, 0.05) is 16.5 Å². The Kier molecular flexibility index (Phi) is 4.89. The smallest absolute Gasteiger partial charge is 0.239 e. The highest BCUT2D eigenvalue weighted by Crippen LogP contribution is 2.27. The molecule has 2 aromatic carbocycles. The number of anilines is 1. The van der Waals surface area contributed by atoms with Crippen LogP contribution in [0, 0.1) is 6.92 Å². The van der Waals surface area contributed by atoms with Crippen molar-refractivity contribution in [2.24, 2.45) is 0 Å². The van der Waals surface area contributed by atoms with Crippen molar-refractivity contribution in [1.29, 1.82) is 0 Å². The molecule has 3 rings (SSSR count). The fourth-order valence-corrected chi connectivity index (χ4v) is 2.76. The van der Waals surface area contributed by atoms with Crippen LogP contribution >= 0.6 is 0 Å². The molecule has 3 aromatic rings. The number of nitrogens with zero attached hydrogens (tertiary/aromatic N) is 2. The van der Waals surface area contributed by atoms with Gasteiger partial charge in [0.15, 0.2) is 0 Å². The minimum absolute atomic E-state index is 0.0913. The molecule has 1 aromatic heterocycles. The van der Waals surface area contributed by atoms with E-state index >= 15 is 0 Å². The van der Waals surface area contributed by atoms with E-state index in [1.165, 1.54) is 0 Å². The average Bonchev–Trinajstić information content (AvgIpc) is 2.59. The molecule has 0 atom stereocenters. The van der Waals surface area contributed by atoms with Crippen LogP contribution in [0.4, 0.5) is 5.95 Å². The molecular formula is C21H24N4O. The number of amides is 1. The van der Waals surface area contributed by atoms with Crippen LogP contribution in [-0.4, -0.2) is 28.0 Å². The van der Waals surface area contributed by atoms with Crippen LogP contribution in [0.1, 0.15) is 26.3 Å². The number of benzene rings is 2. The third-order valence-corrected chi connectivity index (χ3v) is 3.82. The Morgan fingerprint density at radius 2 is 1.77 bits per heavy atom. The standard InChI is InChI=1S/C21H24N4O/c1-14-10-11-17-16(12-14)19(15-8-6-5-7-9-15)24-20(23-17)22-13-18(26)25-21(2,3)4/h5-12H,13H2,1-4H3,(H,25,26)(H,22,23,24). The van der Waals surface area contributed by atoms with E-state index in [9.17, 15) is 4.79 Å². The minimum atomic E-state index is -0.268. The summed E-state index contributed by atoms with van der Waals surface area (Å²) >= 11 is 0. The lowest BCUT2D eigenvalue weighted by atomic mass is 10.0. The van der Waals surface area contributed by atoms with Gasteiger partial charge in [-0.05, 0) is 39.8 Å². The molecule has 0 spiro atoms. The highest BCUT2D eigenvalue weighted by molar-refractivity contribution is 5.93. The lowest BCUT2D eigenvalue weighted by molar-refractivity contribution is -0.120. The van der Waals surface area contributed by atoms with Gasteiger partial charge in [0.05, 0.1) is 17.8 Å². The molecule has 1 amide bonds. The summed E-state index contributed by atoms with van der Waals surface area (Å²) in [5, 5.41) is 6.97. The molecule has 26 heavy (non-hydrogen) atoms. The Morgan fingerprint density at radius 1 is 1.04 bits per heavy atom. The van der Waals surface area contributed by atoms with Gasteiger partial charge in [0.2, 0.25) is 11.9 Å². The minimum Gasteiger partial charge on any atom is -0.350 e. The predicted octanol–water partition coefficient (Wildman–Crippen LogP) is 3.93. The highest BCUT2D eigenvalue weighted by atomic mass is 16.2. The second kappa shape index (κ2) is 7.12. The van der Waals surface area contributed by atoms with E-state index < -0.39 is 0 Å². The van der Waals surface area contributed by atoms with E-state index in [0.717, 1.165) is 27.7 Å². The maximum absolute atomic E-state index is 12.1. The number of aromatic nitrogens is 2. The zero-order chi connectivity index (χ0) is 18.7. The van der Waals surface area contributed by atoms with Crippen molar-refractivity contribution in [1.82, 2.24) is 15.3 Å². The summed E-state index contributed by atoms with van der Waals surface area (Å²) in [4.78, 5) is 21.3. The van der Waals surface area contributed by atoms with Crippen LogP contribution < -0.4 is 10.6 Å². The largest absolute Gasteiger partial charge is 0.350 e. The number of hydrogen-bond acceptors (Lipinski definition) is 4. The molecule has 0 radical (unpaired) electrons. The molecular weight excluding hydrogens is 324 g/mol. The van der Waals surface area contributed by atoms with Gasteiger partial charge in [-0.25, -0.2) is 9.97 Å². The summed E-state index contributed by atoms with van der Waals surface area (Å²) in [7, 11) is 0. The zero-order valence-electron chi connectivity index (χ0n) is 15.6. The van der Waals surface area contributed by atoms with E-state index in [0.29, 0.717) is 5.95 Å². The van der Waals surface area contributed by atoms with Crippen molar-refractivity contribution in [3.63, 3.8) is 0 Å². The summed E-state index contributed by atoms with van der Waals surface area (Å²) in [5.74, 6) is 0.357. The average molecular weight is 348 g/mol. The second-order valence-corrected chi connectivity index (χ2v) is 7.43. The maximum Gasteiger partial charge on any atom is 0.239 e. The molecule has 2 N–H and O–H groups in total. The molecule has 1 heterocycles. The molecule has 134 valence electrons. The Morgan fingerprint density at radius 3 is 2.46 bits per heavy atom. The topological polar surface area (TPSA) is 66.9 Å². The normalized spacial score (nSPS) is 11.4. The predicted molar refractivity (Wildman–Crippen MR) is 106 cm³/mol. The van der Waals surface area contributed by atoms with Crippen LogP contribution in [0.2, 0.25) is 0 Å². The lowest BCUT2D eigenvalue weighted by Gasteiger charge is -2.20. The van der Waals surface area contributed by atoms with Crippen LogP contribution in [0.15, 0.2) is 48.5 Å². The van der Waals surface area contributed by atoms with Gasteiger partial charge in [0.1, 0.15) is 0 Å². The fourth-order valence-electron chi connectivity index (χ4n) is 2.76. The van der Waals surface area contributed by atoms with E-state index in [4.69, 9.17) is 0 Å². The van der Waals surface area contributed by atoms with Gasteiger partial charge < -0.3 is 10.6 Å². The second-order valence-electron chi connectivity index (χ2n) is 7.43.